The van der Waals surface area contributed by atoms with E-state index in [9.17, 15) is 4.79 Å². The van der Waals surface area contributed by atoms with Crippen molar-refractivity contribution in [2.45, 2.75) is 38.9 Å². The van der Waals surface area contributed by atoms with Gasteiger partial charge in [0.2, 0.25) is 5.91 Å². The van der Waals surface area contributed by atoms with E-state index in [1.165, 1.54) is 0 Å². The maximum Gasteiger partial charge on any atom is 0.496 e. The van der Waals surface area contributed by atoms with Gasteiger partial charge < -0.3 is 24.0 Å². The fourth-order valence-electron chi connectivity index (χ4n) is 3.26. The predicted molar refractivity (Wildman–Crippen MR) is 107 cm³/mol. The summed E-state index contributed by atoms with van der Waals surface area (Å²) < 4.78 is 12.2. The van der Waals surface area contributed by atoms with Crippen LogP contribution < -0.4 is 10.4 Å². The standard InChI is InChI=1S/C19H31BN4O3/c1-18(2)19(3,4)27-20(26-18)15-7-8-16(21-13-15)23-9-11-24(12-10-23)17(25)14-22(5)6/h7-8,13H,9-12,14H2,1-6H3. The molecule has 2 saturated heterocycles. The van der Waals surface area contributed by atoms with Crippen LogP contribution in [0.1, 0.15) is 27.7 Å². The highest BCUT2D eigenvalue weighted by Gasteiger charge is 2.51. The van der Waals surface area contributed by atoms with Gasteiger partial charge in [-0.15, -0.1) is 0 Å². The van der Waals surface area contributed by atoms with Crippen LogP contribution >= 0.6 is 0 Å². The third-order valence-electron chi connectivity index (χ3n) is 5.70. The van der Waals surface area contributed by atoms with Crippen LogP contribution in [0.25, 0.3) is 0 Å². The van der Waals surface area contributed by atoms with Gasteiger partial charge in [0.1, 0.15) is 5.82 Å². The van der Waals surface area contributed by atoms with Crippen molar-refractivity contribution in [3.63, 3.8) is 0 Å². The molecular weight excluding hydrogens is 343 g/mol. The normalized spacial score (nSPS) is 21.8. The number of likely N-dealkylation sites (N-methyl/N-ethyl adjacent to an activating group) is 1. The smallest absolute Gasteiger partial charge is 0.399 e. The molecule has 0 aliphatic carbocycles. The van der Waals surface area contributed by atoms with Crippen molar-refractivity contribution in [2.24, 2.45) is 0 Å². The lowest BCUT2D eigenvalue weighted by molar-refractivity contribution is -0.132. The molecule has 148 valence electrons. The van der Waals surface area contributed by atoms with Crippen molar-refractivity contribution in [3.05, 3.63) is 18.3 Å². The largest absolute Gasteiger partial charge is 0.496 e. The van der Waals surface area contributed by atoms with E-state index in [2.05, 4.69) is 9.88 Å². The molecular formula is C19H31BN4O3. The van der Waals surface area contributed by atoms with Gasteiger partial charge in [0.05, 0.1) is 17.7 Å². The first-order valence-electron chi connectivity index (χ1n) is 9.58. The molecule has 1 aromatic heterocycles. The van der Waals surface area contributed by atoms with Crippen LogP contribution in [0.3, 0.4) is 0 Å². The van der Waals surface area contributed by atoms with E-state index < -0.39 is 7.12 Å². The average Bonchev–Trinajstić information content (AvgIpc) is 2.82. The van der Waals surface area contributed by atoms with Gasteiger partial charge in [0.15, 0.2) is 0 Å². The van der Waals surface area contributed by atoms with Crippen molar-refractivity contribution in [2.75, 3.05) is 51.7 Å². The summed E-state index contributed by atoms with van der Waals surface area (Å²) in [5, 5.41) is 0. The van der Waals surface area contributed by atoms with Gasteiger partial charge in [0.25, 0.3) is 0 Å². The number of amides is 1. The second-order valence-corrected chi connectivity index (χ2v) is 8.64. The van der Waals surface area contributed by atoms with Crippen LogP contribution in [0.2, 0.25) is 0 Å². The second kappa shape index (κ2) is 7.41. The molecule has 0 radical (unpaired) electrons. The lowest BCUT2D eigenvalue weighted by atomic mass is 9.80. The fourth-order valence-corrected chi connectivity index (χ4v) is 3.26. The maximum absolute atomic E-state index is 12.2. The molecule has 0 N–H and O–H groups in total. The zero-order chi connectivity index (χ0) is 19.8. The summed E-state index contributed by atoms with van der Waals surface area (Å²) in [7, 11) is 3.44. The Morgan fingerprint density at radius 3 is 2.19 bits per heavy atom. The van der Waals surface area contributed by atoms with E-state index in [1.54, 1.807) is 0 Å². The topological polar surface area (TPSA) is 58.1 Å². The summed E-state index contributed by atoms with van der Waals surface area (Å²) in [6, 6.07) is 4.03. The van der Waals surface area contributed by atoms with E-state index in [1.807, 2.05) is 69.9 Å². The lowest BCUT2D eigenvalue weighted by Crippen LogP contribution is -2.51. The summed E-state index contributed by atoms with van der Waals surface area (Å²) in [4.78, 5) is 22.8. The molecule has 3 heterocycles. The van der Waals surface area contributed by atoms with E-state index in [0.717, 1.165) is 37.5 Å². The molecule has 0 bridgehead atoms. The molecule has 3 rings (SSSR count). The average molecular weight is 374 g/mol. The van der Waals surface area contributed by atoms with E-state index in [0.29, 0.717) is 6.54 Å². The third-order valence-corrected chi connectivity index (χ3v) is 5.70. The maximum atomic E-state index is 12.2. The molecule has 2 aliphatic heterocycles. The molecule has 7 nitrogen and oxygen atoms in total. The molecule has 1 aromatic rings. The van der Waals surface area contributed by atoms with Crippen LogP contribution in [0.15, 0.2) is 18.3 Å². The minimum absolute atomic E-state index is 0.184. The van der Waals surface area contributed by atoms with Crippen LogP contribution in [0.4, 0.5) is 5.82 Å². The number of hydrogen-bond acceptors (Lipinski definition) is 6. The number of pyridine rings is 1. The third kappa shape index (κ3) is 4.28. The summed E-state index contributed by atoms with van der Waals surface area (Å²) in [5.74, 6) is 1.11. The number of carbonyl (C=O) groups excluding carboxylic acids is 1. The van der Waals surface area contributed by atoms with Crippen molar-refractivity contribution in [3.8, 4) is 0 Å². The molecule has 1 amide bonds. The van der Waals surface area contributed by atoms with Crippen LogP contribution in [0.5, 0.6) is 0 Å². The molecule has 2 aliphatic rings. The van der Waals surface area contributed by atoms with Crippen molar-refractivity contribution in [1.82, 2.24) is 14.8 Å². The summed E-state index contributed by atoms with van der Waals surface area (Å²) in [5.41, 5.74) is 0.217. The Morgan fingerprint density at radius 1 is 1.11 bits per heavy atom. The Bertz CT molecular complexity index is 654. The Balaban J connectivity index is 1.58. The van der Waals surface area contributed by atoms with Gasteiger partial charge in [-0.05, 0) is 47.9 Å². The Kier molecular flexibility index (Phi) is 5.52. The van der Waals surface area contributed by atoms with Crippen LogP contribution in [-0.4, -0.2) is 85.8 Å². The zero-order valence-corrected chi connectivity index (χ0v) is 17.4. The van der Waals surface area contributed by atoms with Gasteiger partial charge in [-0.25, -0.2) is 4.98 Å². The first kappa shape index (κ1) is 20.1. The SMILES string of the molecule is CN(C)CC(=O)N1CCN(c2ccc(B3OC(C)(C)C(C)(C)O3)cn2)CC1. The monoisotopic (exact) mass is 374 g/mol. The van der Waals surface area contributed by atoms with Gasteiger partial charge in [-0.2, -0.15) is 0 Å². The van der Waals surface area contributed by atoms with Crippen molar-refractivity contribution in [1.29, 1.82) is 0 Å². The molecule has 0 unspecified atom stereocenters. The minimum Gasteiger partial charge on any atom is -0.399 e. The molecule has 27 heavy (non-hydrogen) atoms. The summed E-state index contributed by atoms with van der Waals surface area (Å²) in [6.45, 7) is 11.7. The zero-order valence-electron chi connectivity index (χ0n) is 17.4. The van der Waals surface area contributed by atoms with Crippen LogP contribution in [-0.2, 0) is 14.1 Å². The van der Waals surface area contributed by atoms with E-state index in [-0.39, 0.29) is 17.1 Å². The number of hydrogen-bond donors (Lipinski definition) is 0. The summed E-state index contributed by atoms with van der Waals surface area (Å²) >= 11 is 0. The molecule has 0 saturated carbocycles. The first-order valence-corrected chi connectivity index (χ1v) is 9.58. The predicted octanol–water partition coefficient (Wildman–Crippen LogP) is 0.591. The van der Waals surface area contributed by atoms with Gasteiger partial charge in [0, 0.05) is 37.8 Å². The van der Waals surface area contributed by atoms with Crippen molar-refractivity contribution < 1.29 is 14.1 Å². The molecule has 0 atom stereocenters. The lowest BCUT2D eigenvalue weighted by Gasteiger charge is -2.36. The fraction of sp³-hybridized carbons (Fsp3) is 0.684. The second-order valence-electron chi connectivity index (χ2n) is 8.64. The molecule has 8 heteroatoms. The number of anilines is 1. The van der Waals surface area contributed by atoms with Crippen LogP contribution in [0, 0.1) is 0 Å². The molecule has 2 fully saturated rings. The number of carbonyl (C=O) groups is 1. The van der Waals surface area contributed by atoms with Gasteiger partial charge in [-0.3, -0.25) is 4.79 Å². The number of piperazine rings is 1. The quantitative estimate of drug-likeness (QED) is 0.720. The minimum atomic E-state index is -0.392. The highest BCUT2D eigenvalue weighted by molar-refractivity contribution is 6.62. The van der Waals surface area contributed by atoms with Crippen molar-refractivity contribution >= 4 is 24.3 Å². The molecule has 0 aromatic carbocycles. The van der Waals surface area contributed by atoms with Gasteiger partial charge >= 0.3 is 7.12 Å². The highest BCUT2D eigenvalue weighted by Crippen LogP contribution is 2.36. The first-order chi connectivity index (χ1) is 12.6. The highest BCUT2D eigenvalue weighted by atomic mass is 16.7. The Morgan fingerprint density at radius 2 is 1.70 bits per heavy atom. The number of rotatable bonds is 4. The van der Waals surface area contributed by atoms with E-state index >= 15 is 0 Å². The Hall–Kier alpha value is -1.64. The van der Waals surface area contributed by atoms with Gasteiger partial charge in [-0.1, -0.05) is 6.07 Å². The summed E-state index contributed by atoms with van der Waals surface area (Å²) in [6.07, 6.45) is 1.83. The Labute approximate surface area is 162 Å². The number of aromatic nitrogens is 1. The molecule has 0 spiro atoms. The van der Waals surface area contributed by atoms with E-state index in [4.69, 9.17) is 9.31 Å². The number of nitrogens with zero attached hydrogens (tertiary/aromatic N) is 4.